The topological polar surface area (TPSA) is 55.2 Å². The molecular weight excluding hydrogens is 154 g/mol. The van der Waals surface area contributed by atoms with Gasteiger partial charge in [-0.3, -0.25) is 4.79 Å². The van der Waals surface area contributed by atoms with E-state index in [1.807, 2.05) is 0 Å². The van der Waals surface area contributed by atoms with Gasteiger partial charge >= 0.3 is 0 Å². The molecule has 1 unspecified atom stereocenters. The zero-order valence-electron chi connectivity index (χ0n) is 7.05. The fourth-order valence-corrected chi connectivity index (χ4v) is 1.07. The molecule has 1 fully saturated rings. The fraction of sp³-hybridized carbons (Fsp3) is 0.625. The van der Waals surface area contributed by atoms with Gasteiger partial charge in [-0.15, -0.1) is 6.58 Å². The van der Waals surface area contributed by atoms with E-state index in [4.69, 9.17) is 0 Å². The van der Waals surface area contributed by atoms with Crippen molar-refractivity contribution in [1.29, 1.82) is 0 Å². The van der Waals surface area contributed by atoms with Crippen molar-refractivity contribution in [2.24, 2.45) is 0 Å². The van der Waals surface area contributed by atoms with Crippen LogP contribution in [0.3, 0.4) is 0 Å². The molecule has 1 rings (SSSR count). The lowest BCUT2D eigenvalue weighted by Crippen LogP contribution is -2.52. The third kappa shape index (κ3) is 2.64. The summed E-state index contributed by atoms with van der Waals surface area (Å²) >= 11 is 0. The molecule has 1 aliphatic rings. The number of carbonyl (C=O) groups is 1. The molecule has 1 amide bonds. The van der Waals surface area contributed by atoms with E-state index < -0.39 is 0 Å². The van der Waals surface area contributed by atoms with E-state index in [2.05, 4.69) is 22.5 Å². The predicted octanol–water partition coefficient (Wildman–Crippen LogP) is -1.14. The zero-order chi connectivity index (χ0) is 8.81. The molecular formula is C8H14N3O. The van der Waals surface area contributed by atoms with Crippen molar-refractivity contribution in [1.82, 2.24) is 16.0 Å². The second-order valence-corrected chi connectivity index (χ2v) is 2.66. The Morgan fingerprint density at radius 3 is 3.25 bits per heavy atom. The van der Waals surface area contributed by atoms with Gasteiger partial charge in [0.05, 0.1) is 0 Å². The van der Waals surface area contributed by atoms with Crippen molar-refractivity contribution >= 4 is 5.91 Å². The van der Waals surface area contributed by atoms with Crippen LogP contribution in [0.5, 0.6) is 0 Å². The number of carbonyl (C=O) groups excluding carboxylic acids is 1. The number of piperazine rings is 1. The largest absolute Gasteiger partial charge is 0.351 e. The Bertz CT molecular complexity index is 164. The summed E-state index contributed by atoms with van der Waals surface area (Å²) in [6.07, 6.45) is 1.66. The van der Waals surface area contributed by atoms with Gasteiger partial charge in [-0.1, -0.05) is 6.08 Å². The first-order chi connectivity index (χ1) is 5.84. The van der Waals surface area contributed by atoms with E-state index in [-0.39, 0.29) is 11.9 Å². The number of nitrogens with one attached hydrogen (secondary N) is 2. The highest BCUT2D eigenvalue weighted by atomic mass is 16.2. The second-order valence-electron chi connectivity index (χ2n) is 2.66. The Morgan fingerprint density at radius 2 is 2.67 bits per heavy atom. The summed E-state index contributed by atoms with van der Waals surface area (Å²) in [5.74, 6) is -0.0119. The maximum absolute atomic E-state index is 11.3. The van der Waals surface area contributed by atoms with Crippen LogP contribution in [0.25, 0.3) is 0 Å². The summed E-state index contributed by atoms with van der Waals surface area (Å²) in [6, 6.07) is -0.210. The molecule has 0 aromatic rings. The van der Waals surface area contributed by atoms with Gasteiger partial charge in [0.15, 0.2) is 0 Å². The lowest BCUT2D eigenvalue weighted by atomic mass is 10.2. The van der Waals surface area contributed by atoms with Gasteiger partial charge in [0.1, 0.15) is 6.04 Å². The summed E-state index contributed by atoms with van der Waals surface area (Å²) in [4.78, 5) is 11.3. The zero-order valence-corrected chi connectivity index (χ0v) is 7.05. The molecule has 4 nitrogen and oxygen atoms in total. The molecule has 0 saturated carbocycles. The van der Waals surface area contributed by atoms with Gasteiger partial charge in [0, 0.05) is 26.2 Å². The maximum Gasteiger partial charge on any atom is 0.240 e. The quantitative estimate of drug-likeness (QED) is 0.524. The lowest BCUT2D eigenvalue weighted by molar-refractivity contribution is -0.123. The first-order valence-corrected chi connectivity index (χ1v) is 4.10. The molecule has 0 aliphatic carbocycles. The molecule has 1 saturated heterocycles. The van der Waals surface area contributed by atoms with E-state index in [1.54, 1.807) is 6.08 Å². The van der Waals surface area contributed by atoms with Crippen LogP contribution < -0.4 is 16.0 Å². The highest BCUT2D eigenvalue weighted by Gasteiger charge is 2.20. The standard InChI is InChI=1S/C8H14N3O/c1-2-3-11-8(12)7-6-9-4-5-10-7/h2,7,9H,1,3-6H2,(H,11,12). The molecule has 0 aromatic heterocycles. The summed E-state index contributed by atoms with van der Waals surface area (Å²) in [6.45, 7) is 6.30. The number of nitrogens with zero attached hydrogens (tertiary/aromatic N) is 1. The number of rotatable bonds is 3. The van der Waals surface area contributed by atoms with E-state index in [1.165, 1.54) is 0 Å². The van der Waals surface area contributed by atoms with Gasteiger partial charge in [-0.05, 0) is 0 Å². The van der Waals surface area contributed by atoms with Gasteiger partial charge in [0.2, 0.25) is 5.91 Å². The molecule has 12 heavy (non-hydrogen) atoms. The minimum atomic E-state index is -0.210. The summed E-state index contributed by atoms with van der Waals surface area (Å²) in [5.41, 5.74) is 0. The molecule has 0 aromatic carbocycles. The number of hydrogen-bond donors (Lipinski definition) is 2. The van der Waals surface area contributed by atoms with Crippen LogP contribution >= 0.6 is 0 Å². The van der Waals surface area contributed by atoms with Crippen molar-refractivity contribution < 1.29 is 4.79 Å². The molecule has 4 heteroatoms. The van der Waals surface area contributed by atoms with Crippen molar-refractivity contribution in [3.63, 3.8) is 0 Å². The minimum Gasteiger partial charge on any atom is -0.351 e. The highest BCUT2D eigenvalue weighted by Crippen LogP contribution is 1.88. The molecule has 0 bridgehead atoms. The molecule has 1 atom stereocenters. The van der Waals surface area contributed by atoms with Crippen LogP contribution in [0.1, 0.15) is 0 Å². The summed E-state index contributed by atoms with van der Waals surface area (Å²) in [7, 11) is 0. The Hall–Kier alpha value is -0.870. The van der Waals surface area contributed by atoms with Crippen molar-refractivity contribution in [3.05, 3.63) is 12.7 Å². The van der Waals surface area contributed by atoms with Crippen LogP contribution in [-0.2, 0) is 4.79 Å². The average Bonchev–Trinajstić information content (AvgIpc) is 2.15. The Balaban J connectivity index is 2.24. The van der Waals surface area contributed by atoms with Crippen molar-refractivity contribution in [2.45, 2.75) is 6.04 Å². The molecule has 0 spiro atoms. The lowest BCUT2D eigenvalue weighted by Gasteiger charge is -2.21. The van der Waals surface area contributed by atoms with E-state index in [0.717, 1.165) is 13.1 Å². The second kappa shape index (κ2) is 4.90. The van der Waals surface area contributed by atoms with Gasteiger partial charge in [0.25, 0.3) is 0 Å². The van der Waals surface area contributed by atoms with Crippen LogP contribution in [0.15, 0.2) is 12.7 Å². The Morgan fingerprint density at radius 1 is 1.83 bits per heavy atom. The first-order valence-electron chi connectivity index (χ1n) is 4.10. The van der Waals surface area contributed by atoms with Crippen molar-refractivity contribution in [3.8, 4) is 0 Å². The van der Waals surface area contributed by atoms with Crippen LogP contribution in [0, 0.1) is 0 Å². The van der Waals surface area contributed by atoms with Crippen LogP contribution in [-0.4, -0.2) is 38.1 Å². The molecule has 1 heterocycles. The fourth-order valence-electron chi connectivity index (χ4n) is 1.07. The summed E-state index contributed by atoms with van der Waals surface area (Å²) < 4.78 is 0. The minimum absolute atomic E-state index is 0.0119. The predicted molar refractivity (Wildman–Crippen MR) is 46.9 cm³/mol. The number of amides is 1. The van der Waals surface area contributed by atoms with Gasteiger partial charge in [-0.25, -0.2) is 5.32 Å². The normalized spacial score (nSPS) is 23.2. The Labute approximate surface area is 72.4 Å². The van der Waals surface area contributed by atoms with E-state index in [0.29, 0.717) is 13.1 Å². The first kappa shape index (κ1) is 9.22. The monoisotopic (exact) mass is 168 g/mol. The molecule has 2 N–H and O–H groups in total. The van der Waals surface area contributed by atoms with Gasteiger partial charge < -0.3 is 10.6 Å². The SMILES string of the molecule is C=CCNC(=O)C1CNCC[N]1. The third-order valence-electron chi connectivity index (χ3n) is 1.70. The maximum atomic E-state index is 11.3. The van der Waals surface area contributed by atoms with Crippen LogP contribution in [0.2, 0.25) is 0 Å². The van der Waals surface area contributed by atoms with Gasteiger partial charge in [-0.2, -0.15) is 0 Å². The number of hydrogen-bond acceptors (Lipinski definition) is 2. The Kier molecular flexibility index (Phi) is 3.76. The van der Waals surface area contributed by atoms with E-state index in [9.17, 15) is 4.79 Å². The molecule has 1 radical (unpaired) electrons. The summed E-state index contributed by atoms with van der Waals surface area (Å²) in [5, 5.41) is 10.00. The highest BCUT2D eigenvalue weighted by molar-refractivity contribution is 5.82. The van der Waals surface area contributed by atoms with Crippen LogP contribution in [0.4, 0.5) is 0 Å². The smallest absolute Gasteiger partial charge is 0.240 e. The van der Waals surface area contributed by atoms with Crippen molar-refractivity contribution in [2.75, 3.05) is 26.2 Å². The third-order valence-corrected chi connectivity index (χ3v) is 1.70. The average molecular weight is 168 g/mol. The molecule has 1 aliphatic heterocycles. The molecule has 67 valence electrons. The van der Waals surface area contributed by atoms with E-state index >= 15 is 0 Å².